The summed E-state index contributed by atoms with van der Waals surface area (Å²) in [6.45, 7) is 7.77. The Labute approximate surface area is 114 Å². The Kier molecular flexibility index (Phi) is 5.96. The monoisotopic (exact) mass is 267 g/mol. The number of esters is 1. The highest BCUT2D eigenvalue weighted by atomic mass is 19.1. The van der Waals surface area contributed by atoms with Crippen LogP contribution in [-0.2, 0) is 9.53 Å². The Hall–Kier alpha value is -1.42. The number of nitrogens with one attached hydrogen (secondary N) is 1. The molecule has 0 spiro atoms. The van der Waals surface area contributed by atoms with Gasteiger partial charge in [0.1, 0.15) is 11.9 Å². The second-order valence-corrected chi connectivity index (χ2v) is 4.67. The van der Waals surface area contributed by atoms with E-state index in [1.54, 1.807) is 26.0 Å². The van der Waals surface area contributed by atoms with Crippen molar-refractivity contribution in [3.8, 4) is 0 Å². The van der Waals surface area contributed by atoms with Gasteiger partial charge in [0.15, 0.2) is 0 Å². The van der Waals surface area contributed by atoms with Gasteiger partial charge in [-0.3, -0.25) is 5.32 Å². The van der Waals surface area contributed by atoms with Crippen molar-refractivity contribution in [2.75, 3.05) is 6.61 Å². The fourth-order valence-electron chi connectivity index (χ4n) is 1.72. The molecule has 0 aromatic heterocycles. The third kappa shape index (κ3) is 4.31. The van der Waals surface area contributed by atoms with Crippen molar-refractivity contribution in [2.24, 2.45) is 0 Å². The zero-order chi connectivity index (χ0) is 14.4. The van der Waals surface area contributed by atoms with E-state index in [1.165, 1.54) is 6.07 Å². The van der Waals surface area contributed by atoms with E-state index in [0.717, 1.165) is 6.42 Å². The van der Waals surface area contributed by atoms with Crippen LogP contribution in [0, 0.1) is 12.7 Å². The van der Waals surface area contributed by atoms with Crippen molar-refractivity contribution in [1.82, 2.24) is 5.32 Å². The molecular weight excluding hydrogens is 245 g/mol. The van der Waals surface area contributed by atoms with Gasteiger partial charge in [0, 0.05) is 6.04 Å². The van der Waals surface area contributed by atoms with E-state index >= 15 is 0 Å². The molecular formula is C15H22FNO2. The van der Waals surface area contributed by atoms with Gasteiger partial charge in [-0.25, -0.2) is 9.18 Å². The molecule has 2 atom stereocenters. The van der Waals surface area contributed by atoms with Crippen molar-refractivity contribution >= 4 is 5.97 Å². The second kappa shape index (κ2) is 7.24. The minimum absolute atomic E-state index is 0.152. The molecule has 0 aliphatic heterocycles. The third-order valence-corrected chi connectivity index (χ3v) is 3.12. The van der Waals surface area contributed by atoms with Crippen LogP contribution in [0.15, 0.2) is 18.2 Å². The minimum Gasteiger partial charge on any atom is -0.465 e. The fraction of sp³-hybridized carbons (Fsp3) is 0.533. The average Bonchev–Trinajstić information content (AvgIpc) is 2.39. The van der Waals surface area contributed by atoms with Crippen LogP contribution in [0.4, 0.5) is 4.39 Å². The normalized spacial score (nSPS) is 13.9. The Morgan fingerprint density at radius 1 is 1.42 bits per heavy atom. The van der Waals surface area contributed by atoms with Gasteiger partial charge in [-0.2, -0.15) is 0 Å². The smallest absolute Gasteiger partial charge is 0.327 e. The van der Waals surface area contributed by atoms with Gasteiger partial charge >= 0.3 is 5.97 Å². The summed E-state index contributed by atoms with van der Waals surface area (Å²) in [7, 11) is 0. The van der Waals surface area contributed by atoms with Gasteiger partial charge in [-0.05, 0) is 44.4 Å². The predicted molar refractivity (Wildman–Crippen MR) is 73.4 cm³/mol. The number of benzene rings is 1. The molecule has 0 saturated heterocycles. The van der Waals surface area contributed by atoms with Crippen LogP contribution in [-0.4, -0.2) is 18.6 Å². The molecule has 0 heterocycles. The van der Waals surface area contributed by atoms with Gasteiger partial charge in [0.25, 0.3) is 0 Å². The largest absolute Gasteiger partial charge is 0.465 e. The summed E-state index contributed by atoms with van der Waals surface area (Å²) < 4.78 is 18.7. The number of hydrogen-bond acceptors (Lipinski definition) is 3. The number of carbonyl (C=O) groups is 1. The van der Waals surface area contributed by atoms with Crippen molar-refractivity contribution < 1.29 is 13.9 Å². The van der Waals surface area contributed by atoms with Crippen molar-refractivity contribution in [3.63, 3.8) is 0 Å². The number of rotatable bonds is 6. The molecule has 0 saturated carbocycles. The molecule has 1 aromatic rings. The van der Waals surface area contributed by atoms with E-state index in [0.29, 0.717) is 17.7 Å². The summed E-state index contributed by atoms with van der Waals surface area (Å²) >= 11 is 0. The molecule has 0 bridgehead atoms. The summed E-state index contributed by atoms with van der Waals surface area (Å²) in [4.78, 5) is 12.0. The van der Waals surface area contributed by atoms with Gasteiger partial charge in [-0.1, -0.05) is 19.1 Å². The summed E-state index contributed by atoms with van der Waals surface area (Å²) in [6, 6.07) is 4.36. The first kappa shape index (κ1) is 15.6. The molecule has 2 unspecified atom stereocenters. The number of aryl methyl sites for hydroxylation is 1. The molecule has 1 aromatic carbocycles. The zero-order valence-corrected chi connectivity index (χ0v) is 12.0. The van der Waals surface area contributed by atoms with Crippen LogP contribution in [0.1, 0.15) is 44.4 Å². The maximum absolute atomic E-state index is 13.6. The molecule has 106 valence electrons. The second-order valence-electron chi connectivity index (χ2n) is 4.67. The van der Waals surface area contributed by atoms with Crippen molar-refractivity contribution in [2.45, 2.75) is 46.2 Å². The van der Waals surface area contributed by atoms with Gasteiger partial charge in [0.2, 0.25) is 0 Å². The first-order valence-electron chi connectivity index (χ1n) is 6.68. The number of carbonyl (C=O) groups excluding carboxylic acids is 1. The first-order valence-corrected chi connectivity index (χ1v) is 6.68. The van der Waals surface area contributed by atoms with E-state index in [1.807, 2.05) is 13.8 Å². The van der Waals surface area contributed by atoms with Crippen LogP contribution in [0.25, 0.3) is 0 Å². The molecule has 0 fully saturated rings. The molecule has 0 radical (unpaired) electrons. The van der Waals surface area contributed by atoms with E-state index in [4.69, 9.17) is 4.74 Å². The van der Waals surface area contributed by atoms with E-state index in [-0.39, 0.29) is 17.8 Å². The number of halogens is 1. The summed E-state index contributed by atoms with van der Waals surface area (Å²) in [6.07, 6.45) is 0.879. The van der Waals surface area contributed by atoms with E-state index < -0.39 is 6.04 Å². The maximum Gasteiger partial charge on any atom is 0.327 e. The highest BCUT2D eigenvalue weighted by Crippen LogP contribution is 2.19. The van der Waals surface area contributed by atoms with Crippen LogP contribution >= 0.6 is 0 Å². The Morgan fingerprint density at radius 3 is 2.63 bits per heavy atom. The van der Waals surface area contributed by atoms with Crippen LogP contribution in [0.3, 0.4) is 0 Å². The van der Waals surface area contributed by atoms with Crippen molar-refractivity contribution in [1.29, 1.82) is 0 Å². The topological polar surface area (TPSA) is 38.3 Å². The quantitative estimate of drug-likeness (QED) is 0.805. The number of ether oxygens (including phenoxy) is 1. The highest BCUT2D eigenvalue weighted by Gasteiger charge is 2.23. The summed E-state index contributed by atoms with van der Waals surface area (Å²) in [5.74, 6) is -0.677. The van der Waals surface area contributed by atoms with E-state index in [9.17, 15) is 9.18 Å². The molecule has 19 heavy (non-hydrogen) atoms. The first-order chi connectivity index (χ1) is 8.99. The molecule has 0 aliphatic rings. The fourth-order valence-corrected chi connectivity index (χ4v) is 1.72. The summed E-state index contributed by atoms with van der Waals surface area (Å²) in [5.41, 5.74) is 1.16. The lowest BCUT2D eigenvalue weighted by molar-refractivity contribution is -0.146. The Balaban J connectivity index is 3.00. The van der Waals surface area contributed by atoms with Crippen LogP contribution < -0.4 is 5.32 Å². The highest BCUT2D eigenvalue weighted by molar-refractivity contribution is 5.77. The molecule has 0 aliphatic carbocycles. The minimum atomic E-state index is -0.620. The van der Waals surface area contributed by atoms with Gasteiger partial charge in [-0.15, -0.1) is 0 Å². The predicted octanol–water partition coefficient (Wildman–Crippen LogP) is 3.13. The van der Waals surface area contributed by atoms with Crippen LogP contribution in [0.2, 0.25) is 0 Å². The number of hydrogen-bond donors (Lipinski definition) is 1. The summed E-state index contributed by atoms with van der Waals surface area (Å²) in [5, 5.41) is 3.17. The lowest BCUT2D eigenvalue weighted by Gasteiger charge is -2.21. The van der Waals surface area contributed by atoms with Crippen LogP contribution in [0.5, 0.6) is 0 Å². The molecule has 0 amide bonds. The Morgan fingerprint density at radius 2 is 2.11 bits per heavy atom. The zero-order valence-electron chi connectivity index (χ0n) is 12.0. The third-order valence-electron chi connectivity index (χ3n) is 3.12. The van der Waals surface area contributed by atoms with Crippen molar-refractivity contribution in [3.05, 3.63) is 35.1 Å². The molecule has 1 rings (SSSR count). The average molecular weight is 267 g/mol. The molecule has 1 N–H and O–H groups in total. The molecule has 4 heteroatoms. The van der Waals surface area contributed by atoms with Gasteiger partial charge in [0.05, 0.1) is 6.61 Å². The van der Waals surface area contributed by atoms with Gasteiger partial charge < -0.3 is 4.74 Å². The lowest BCUT2D eigenvalue weighted by Crippen LogP contribution is -2.36. The lowest BCUT2D eigenvalue weighted by atomic mass is 10.0. The standard InChI is InChI=1S/C15H22FNO2/c1-5-11(4)17-14(15(18)19-6-2)12-8-7-10(3)13(16)9-12/h7-9,11,14,17H,5-6H2,1-4H3. The Bertz CT molecular complexity index is 434. The maximum atomic E-state index is 13.6. The SMILES string of the molecule is CCOC(=O)C(NC(C)CC)c1ccc(C)c(F)c1. The van der Waals surface area contributed by atoms with E-state index in [2.05, 4.69) is 5.32 Å². The molecule has 3 nitrogen and oxygen atoms in total.